The molecule has 0 saturated heterocycles. The summed E-state index contributed by atoms with van der Waals surface area (Å²) in [6, 6.07) is 10.6. The number of rotatable bonds is 3. The third kappa shape index (κ3) is 2.77. The van der Waals surface area contributed by atoms with Crippen molar-refractivity contribution >= 4 is 33.2 Å². The number of hydrogen-bond acceptors (Lipinski definition) is 2. The minimum absolute atomic E-state index is 0.312. The van der Waals surface area contributed by atoms with E-state index in [0.29, 0.717) is 6.04 Å². The minimum Gasteiger partial charge on any atom is -0.495 e. The van der Waals surface area contributed by atoms with Gasteiger partial charge in [0.15, 0.2) is 0 Å². The van der Waals surface area contributed by atoms with Crippen molar-refractivity contribution in [2.75, 3.05) is 12.4 Å². The number of methoxy groups -OCH3 is 1. The molecule has 1 aliphatic rings. The van der Waals surface area contributed by atoms with Gasteiger partial charge in [-0.25, -0.2) is 0 Å². The number of anilines is 1. The zero-order valence-electron chi connectivity index (χ0n) is 12.0. The average Bonchev–Trinajstić information content (AvgIpc) is 2.87. The van der Waals surface area contributed by atoms with Crippen molar-refractivity contribution in [2.45, 2.75) is 25.8 Å². The second-order valence-electron chi connectivity index (χ2n) is 5.34. The van der Waals surface area contributed by atoms with E-state index in [-0.39, 0.29) is 0 Å². The molecule has 0 heterocycles. The summed E-state index contributed by atoms with van der Waals surface area (Å²) in [5.41, 5.74) is 4.81. The molecule has 0 saturated carbocycles. The molecular formula is C17H17BrClNO. The molecule has 1 N–H and O–H groups in total. The molecule has 0 bridgehead atoms. The zero-order valence-corrected chi connectivity index (χ0v) is 14.4. The minimum atomic E-state index is 0.312. The van der Waals surface area contributed by atoms with Crippen molar-refractivity contribution in [3.05, 3.63) is 56.5 Å². The first-order valence-corrected chi connectivity index (χ1v) is 8.15. The summed E-state index contributed by atoms with van der Waals surface area (Å²) in [7, 11) is 1.67. The van der Waals surface area contributed by atoms with Crippen LogP contribution in [0.1, 0.15) is 29.2 Å². The lowest BCUT2D eigenvalue weighted by Gasteiger charge is -2.19. The van der Waals surface area contributed by atoms with Crippen molar-refractivity contribution in [2.24, 2.45) is 0 Å². The first kappa shape index (κ1) is 14.7. The molecule has 0 amide bonds. The van der Waals surface area contributed by atoms with E-state index in [4.69, 9.17) is 16.3 Å². The molecule has 0 spiro atoms. The van der Waals surface area contributed by atoms with E-state index in [1.807, 2.05) is 13.0 Å². The Morgan fingerprint density at radius 1 is 1.33 bits per heavy atom. The highest BCUT2D eigenvalue weighted by Crippen LogP contribution is 2.40. The summed E-state index contributed by atoms with van der Waals surface area (Å²) in [6.45, 7) is 2.01. The first-order valence-electron chi connectivity index (χ1n) is 6.98. The monoisotopic (exact) mass is 365 g/mol. The molecular weight excluding hydrogens is 350 g/mol. The number of hydrogen-bond donors (Lipinski definition) is 1. The highest BCUT2D eigenvalue weighted by atomic mass is 79.9. The third-order valence-corrected chi connectivity index (χ3v) is 5.17. The van der Waals surface area contributed by atoms with Crippen LogP contribution in [0.4, 0.5) is 5.69 Å². The van der Waals surface area contributed by atoms with Crippen LogP contribution in [0.15, 0.2) is 34.8 Å². The fourth-order valence-electron chi connectivity index (χ4n) is 2.89. The SMILES string of the molecule is COc1cc(Cl)c(C)cc1NC1CCc2c(Br)cccc21. The normalized spacial score (nSPS) is 16.7. The molecule has 4 heteroatoms. The van der Waals surface area contributed by atoms with E-state index in [1.165, 1.54) is 15.6 Å². The van der Waals surface area contributed by atoms with Crippen LogP contribution >= 0.6 is 27.5 Å². The Morgan fingerprint density at radius 2 is 2.14 bits per heavy atom. The molecule has 1 unspecified atom stereocenters. The number of nitrogens with one attached hydrogen (secondary N) is 1. The molecule has 0 fully saturated rings. The molecule has 2 aromatic carbocycles. The van der Waals surface area contributed by atoms with Crippen LogP contribution in [0.5, 0.6) is 5.75 Å². The fraction of sp³-hybridized carbons (Fsp3) is 0.294. The van der Waals surface area contributed by atoms with Gasteiger partial charge in [-0.2, -0.15) is 0 Å². The van der Waals surface area contributed by atoms with Crippen LogP contribution in [-0.2, 0) is 6.42 Å². The van der Waals surface area contributed by atoms with Crippen molar-refractivity contribution in [3.8, 4) is 5.75 Å². The van der Waals surface area contributed by atoms with Crippen LogP contribution in [0, 0.1) is 6.92 Å². The highest BCUT2D eigenvalue weighted by Gasteiger charge is 2.24. The average molecular weight is 367 g/mol. The van der Waals surface area contributed by atoms with E-state index < -0.39 is 0 Å². The second kappa shape index (κ2) is 5.90. The van der Waals surface area contributed by atoms with E-state index in [9.17, 15) is 0 Å². The Bertz CT molecular complexity index is 687. The van der Waals surface area contributed by atoms with Crippen molar-refractivity contribution in [3.63, 3.8) is 0 Å². The molecule has 1 atom stereocenters. The number of halogens is 2. The number of fused-ring (bicyclic) bond motifs is 1. The van der Waals surface area contributed by atoms with Crippen molar-refractivity contribution < 1.29 is 4.74 Å². The van der Waals surface area contributed by atoms with E-state index in [0.717, 1.165) is 34.9 Å². The largest absolute Gasteiger partial charge is 0.495 e. The lowest BCUT2D eigenvalue weighted by atomic mass is 10.1. The fourth-order valence-corrected chi connectivity index (χ4v) is 3.63. The maximum Gasteiger partial charge on any atom is 0.143 e. The Morgan fingerprint density at radius 3 is 2.90 bits per heavy atom. The number of aryl methyl sites for hydroxylation is 1. The Hall–Kier alpha value is -1.19. The molecule has 2 aromatic rings. The Labute approximate surface area is 138 Å². The van der Waals surface area contributed by atoms with Gasteiger partial charge in [0.2, 0.25) is 0 Å². The van der Waals surface area contributed by atoms with Gasteiger partial charge in [0.25, 0.3) is 0 Å². The van der Waals surface area contributed by atoms with E-state index in [2.05, 4.69) is 45.5 Å². The maximum atomic E-state index is 6.17. The molecule has 21 heavy (non-hydrogen) atoms. The molecule has 0 aliphatic heterocycles. The number of benzene rings is 2. The molecule has 110 valence electrons. The molecule has 0 radical (unpaired) electrons. The smallest absolute Gasteiger partial charge is 0.143 e. The summed E-state index contributed by atoms with van der Waals surface area (Å²) in [6.07, 6.45) is 2.17. The van der Waals surface area contributed by atoms with Gasteiger partial charge in [-0.15, -0.1) is 0 Å². The third-order valence-electron chi connectivity index (χ3n) is 4.02. The summed E-state index contributed by atoms with van der Waals surface area (Å²) in [5, 5.41) is 4.34. The quantitative estimate of drug-likeness (QED) is 0.772. The summed E-state index contributed by atoms with van der Waals surface area (Å²) in [4.78, 5) is 0. The lowest BCUT2D eigenvalue weighted by molar-refractivity contribution is 0.416. The van der Waals surface area contributed by atoms with Crippen molar-refractivity contribution in [1.29, 1.82) is 0 Å². The predicted molar refractivity (Wildman–Crippen MR) is 91.6 cm³/mol. The van der Waals surface area contributed by atoms with E-state index in [1.54, 1.807) is 7.11 Å². The van der Waals surface area contributed by atoms with Gasteiger partial charge < -0.3 is 10.1 Å². The lowest BCUT2D eigenvalue weighted by Crippen LogP contribution is -2.08. The van der Waals surface area contributed by atoms with Crippen molar-refractivity contribution in [1.82, 2.24) is 0 Å². The van der Waals surface area contributed by atoms with Gasteiger partial charge >= 0.3 is 0 Å². The highest BCUT2D eigenvalue weighted by molar-refractivity contribution is 9.10. The first-order chi connectivity index (χ1) is 10.1. The summed E-state index contributed by atoms with van der Waals surface area (Å²) in [5.74, 6) is 0.786. The second-order valence-corrected chi connectivity index (χ2v) is 6.61. The van der Waals surface area contributed by atoms with Gasteiger partial charge in [0, 0.05) is 15.6 Å². The standard InChI is InChI=1S/C17H17BrClNO/c1-10-8-16(17(21-2)9-14(10)19)20-15-7-6-11-12(15)4-3-5-13(11)18/h3-5,8-9,15,20H,6-7H2,1-2H3. The molecule has 2 nitrogen and oxygen atoms in total. The van der Waals surface area contributed by atoms with Crippen LogP contribution in [0.2, 0.25) is 5.02 Å². The van der Waals surface area contributed by atoms with Crippen LogP contribution in [0.25, 0.3) is 0 Å². The zero-order chi connectivity index (χ0) is 15.0. The van der Waals surface area contributed by atoms with Gasteiger partial charge in [-0.3, -0.25) is 0 Å². The van der Waals surface area contributed by atoms with Crippen LogP contribution < -0.4 is 10.1 Å². The van der Waals surface area contributed by atoms with Crippen LogP contribution in [0.3, 0.4) is 0 Å². The van der Waals surface area contributed by atoms with Gasteiger partial charge in [-0.05, 0) is 48.6 Å². The van der Waals surface area contributed by atoms with Gasteiger partial charge in [0.1, 0.15) is 5.75 Å². The molecule has 0 aromatic heterocycles. The predicted octanol–water partition coefficient (Wildman–Crippen LogP) is 5.52. The van der Waals surface area contributed by atoms with Gasteiger partial charge in [0.05, 0.1) is 18.8 Å². The van der Waals surface area contributed by atoms with E-state index >= 15 is 0 Å². The number of ether oxygens (including phenoxy) is 1. The summed E-state index contributed by atoms with van der Waals surface area (Å²) < 4.78 is 6.64. The topological polar surface area (TPSA) is 21.3 Å². The van der Waals surface area contributed by atoms with Gasteiger partial charge in [-0.1, -0.05) is 39.7 Å². The summed E-state index contributed by atoms with van der Waals surface area (Å²) >= 11 is 9.81. The Balaban J connectivity index is 1.93. The molecule has 1 aliphatic carbocycles. The van der Waals surface area contributed by atoms with Crippen LogP contribution in [-0.4, -0.2) is 7.11 Å². The molecule has 3 rings (SSSR count). The maximum absolute atomic E-state index is 6.17. The Kier molecular flexibility index (Phi) is 4.14.